The van der Waals surface area contributed by atoms with Gasteiger partial charge in [0, 0.05) is 43.8 Å². The average molecular weight is 390 g/mol. The molecule has 0 aliphatic carbocycles. The summed E-state index contributed by atoms with van der Waals surface area (Å²) in [5, 5.41) is 6.55. The number of piperazine rings is 1. The Morgan fingerprint density at radius 3 is 2.41 bits per heavy atom. The topological polar surface area (TPSA) is 65.6 Å². The first kappa shape index (κ1) is 19.0. The molecule has 2 aromatic carbocycles. The molecule has 1 aromatic heterocycles. The molecule has 2 heterocycles. The van der Waals surface area contributed by atoms with Crippen molar-refractivity contribution in [2.45, 2.75) is 0 Å². The zero-order valence-corrected chi connectivity index (χ0v) is 16.8. The van der Waals surface area contributed by atoms with Crippen LogP contribution in [-0.4, -0.2) is 55.2 Å². The minimum absolute atomic E-state index is 0.539. The molecule has 1 aliphatic rings. The van der Waals surface area contributed by atoms with Gasteiger partial charge in [-0.2, -0.15) is 4.98 Å². The Morgan fingerprint density at radius 1 is 0.897 bits per heavy atom. The van der Waals surface area contributed by atoms with Crippen molar-refractivity contribution in [3.8, 4) is 5.75 Å². The van der Waals surface area contributed by atoms with E-state index < -0.39 is 0 Å². The fraction of sp³-hybridized carbons (Fsp3) is 0.273. The zero-order valence-electron chi connectivity index (χ0n) is 16.8. The predicted octanol–water partition coefficient (Wildman–Crippen LogP) is 3.72. The van der Waals surface area contributed by atoms with E-state index in [4.69, 9.17) is 4.74 Å². The molecule has 29 heavy (non-hydrogen) atoms. The summed E-state index contributed by atoms with van der Waals surface area (Å²) in [6.45, 7) is 4.31. The molecule has 1 saturated heterocycles. The molecule has 7 heteroatoms. The lowest BCUT2D eigenvalue weighted by Crippen LogP contribution is -2.44. The molecule has 1 fully saturated rings. The molecule has 0 unspecified atom stereocenters. The van der Waals surface area contributed by atoms with Gasteiger partial charge in [0.25, 0.3) is 0 Å². The van der Waals surface area contributed by atoms with E-state index >= 15 is 0 Å². The van der Waals surface area contributed by atoms with Crippen LogP contribution >= 0.6 is 0 Å². The van der Waals surface area contributed by atoms with Gasteiger partial charge in [-0.1, -0.05) is 12.1 Å². The largest absolute Gasteiger partial charge is 0.495 e. The summed E-state index contributed by atoms with van der Waals surface area (Å²) in [5.41, 5.74) is 3.06. The fourth-order valence-corrected chi connectivity index (χ4v) is 3.32. The summed E-state index contributed by atoms with van der Waals surface area (Å²) < 4.78 is 5.38. The van der Waals surface area contributed by atoms with Gasteiger partial charge < -0.3 is 25.2 Å². The number of likely N-dealkylation sites (N-methyl/N-ethyl adjacent to an activating group) is 1. The van der Waals surface area contributed by atoms with E-state index in [0.29, 0.717) is 11.8 Å². The third kappa shape index (κ3) is 4.75. The highest BCUT2D eigenvalue weighted by Gasteiger charge is 2.14. The normalized spacial score (nSPS) is 14.5. The van der Waals surface area contributed by atoms with Crippen LogP contribution in [0.3, 0.4) is 0 Å². The van der Waals surface area contributed by atoms with E-state index in [0.717, 1.165) is 43.3 Å². The number of benzene rings is 2. The smallest absolute Gasteiger partial charge is 0.229 e. The Bertz CT molecular complexity index is 938. The Balaban J connectivity index is 1.42. The summed E-state index contributed by atoms with van der Waals surface area (Å²) >= 11 is 0. The molecule has 3 aromatic rings. The summed E-state index contributed by atoms with van der Waals surface area (Å²) in [5.74, 6) is 2.00. The fourth-order valence-electron chi connectivity index (χ4n) is 3.32. The van der Waals surface area contributed by atoms with Crippen LogP contribution in [0, 0.1) is 0 Å². The predicted molar refractivity (Wildman–Crippen MR) is 118 cm³/mol. The van der Waals surface area contributed by atoms with Gasteiger partial charge >= 0.3 is 0 Å². The third-order valence-corrected chi connectivity index (χ3v) is 5.02. The Labute approximate surface area is 171 Å². The van der Waals surface area contributed by atoms with E-state index in [9.17, 15) is 0 Å². The first-order valence-corrected chi connectivity index (χ1v) is 9.75. The van der Waals surface area contributed by atoms with Gasteiger partial charge in [-0.25, -0.2) is 4.98 Å². The van der Waals surface area contributed by atoms with Crippen LogP contribution in [0.25, 0.3) is 0 Å². The quantitative estimate of drug-likeness (QED) is 0.665. The maximum atomic E-state index is 5.38. The number of aromatic nitrogens is 2. The van der Waals surface area contributed by atoms with Gasteiger partial charge in [-0.15, -0.1) is 0 Å². The van der Waals surface area contributed by atoms with Crippen LogP contribution in [0.5, 0.6) is 5.75 Å². The summed E-state index contributed by atoms with van der Waals surface area (Å²) in [6.07, 6.45) is 1.73. The van der Waals surface area contributed by atoms with E-state index in [-0.39, 0.29) is 0 Å². The van der Waals surface area contributed by atoms with Crippen molar-refractivity contribution >= 4 is 28.8 Å². The number of ether oxygens (including phenoxy) is 1. The minimum atomic E-state index is 0.539. The van der Waals surface area contributed by atoms with Crippen molar-refractivity contribution in [1.29, 1.82) is 0 Å². The maximum Gasteiger partial charge on any atom is 0.229 e. The number of rotatable bonds is 6. The second-order valence-corrected chi connectivity index (χ2v) is 7.05. The van der Waals surface area contributed by atoms with Crippen molar-refractivity contribution in [2.75, 3.05) is 55.9 Å². The highest BCUT2D eigenvalue weighted by molar-refractivity contribution is 5.65. The summed E-state index contributed by atoms with van der Waals surface area (Å²) in [4.78, 5) is 13.7. The van der Waals surface area contributed by atoms with Crippen molar-refractivity contribution in [1.82, 2.24) is 14.9 Å². The monoisotopic (exact) mass is 390 g/mol. The van der Waals surface area contributed by atoms with Gasteiger partial charge in [-0.05, 0) is 49.5 Å². The molecule has 0 spiro atoms. The van der Waals surface area contributed by atoms with Crippen molar-refractivity contribution < 1.29 is 4.74 Å². The van der Waals surface area contributed by atoms with E-state index in [1.54, 1.807) is 13.3 Å². The van der Waals surface area contributed by atoms with Gasteiger partial charge in [0.05, 0.1) is 12.8 Å². The SMILES string of the molecule is COc1ccccc1Nc1ccnc(Nc2ccc(N3CCN(C)CC3)cc2)n1. The number of nitrogens with zero attached hydrogens (tertiary/aromatic N) is 4. The standard InChI is InChI=1S/C22H26N6O/c1-27-13-15-28(16-14-27)18-9-7-17(8-10-18)24-22-23-12-11-21(26-22)25-19-5-3-4-6-20(19)29-2/h3-12H,13-16H2,1-2H3,(H2,23,24,25,26). The van der Waals surface area contributed by atoms with Crippen LogP contribution in [0.2, 0.25) is 0 Å². The van der Waals surface area contributed by atoms with Gasteiger partial charge in [0.15, 0.2) is 0 Å². The zero-order chi connectivity index (χ0) is 20.1. The Hall–Kier alpha value is -3.32. The number of anilines is 5. The lowest BCUT2D eigenvalue weighted by molar-refractivity contribution is 0.313. The summed E-state index contributed by atoms with van der Waals surface area (Å²) in [6, 6.07) is 18.0. The molecular weight excluding hydrogens is 364 g/mol. The molecule has 7 nitrogen and oxygen atoms in total. The van der Waals surface area contributed by atoms with Crippen LogP contribution in [0.15, 0.2) is 60.8 Å². The van der Waals surface area contributed by atoms with Crippen LogP contribution in [0.4, 0.5) is 28.8 Å². The molecule has 1 aliphatic heterocycles. The molecular formula is C22H26N6O. The van der Waals surface area contributed by atoms with Crippen LogP contribution < -0.4 is 20.3 Å². The third-order valence-electron chi connectivity index (χ3n) is 5.02. The Kier molecular flexibility index (Phi) is 5.76. The van der Waals surface area contributed by atoms with E-state index in [2.05, 4.69) is 61.7 Å². The first-order valence-electron chi connectivity index (χ1n) is 9.75. The molecule has 0 radical (unpaired) electrons. The first-order chi connectivity index (χ1) is 14.2. The Morgan fingerprint density at radius 2 is 1.66 bits per heavy atom. The highest BCUT2D eigenvalue weighted by Crippen LogP contribution is 2.27. The number of nitrogens with one attached hydrogen (secondary N) is 2. The van der Waals surface area contributed by atoms with Crippen molar-refractivity contribution in [3.05, 3.63) is 60.8 Å². The second kappa shape index (κ2) is 8.79. The molecule has 0 amide bonds. The van der Waals surface area contributed by atoms with Crippen LogP contribution in [-0.2, 0) is 0 Å². The highest BCUT2D eigenvalue weighted by atomic mass is 16.5. The summed E-state index contributed by atoms with van der Waals surface area (Å²) in [7, 11) is 3.82. The molecule has 2 N–H and O–H groups in total. The number of methoxy groups -OCH3 is 1. The molecule has 0 bridgehead atoms. The number of para-hydroxylation sites is 2. The van der Waals surface area contributed by atoms with Crippen LogP contribution in [0.1, 0.15) is 0 Å². The lowest BCUT2D eigenvalue weighted by Gasteiger charge is -2.34. The van der Waals surface area contributed by atoms with Crippen molar-refractivity contribution in [2.24, 2.45) is 0 Å². The lowest BCUT2D eigenvalue weighted by atomic mass is 10.2. The van der Waals surface area contributed by atoms with Gasteiger partial charge in [0.2, 0.25) is 5.95 Å². The number of hydrogen-bond acceptors (Lipinski definition) is 7. The van der Waals surface area contributed by atoms with Crippen molar-refractivity contribution in [3.63, 3.8) is 0 Å². The molecule has 150 valence electrons. The molecule has 0 saturated carbocycles. The van der Waals surface area contributed by atoms with E-state index in [1.807, 2.05) is 30.3 Å². The van der Waals surface area contributed by atoms with Gasteiger partial charge in [0.1, 0.15) is 11.6 Å². The van der Waals surface area contributed by atoms with Gasteiger partial charge in [-0.3, -0.25) is 0 Å². The molecule has 0 atom stereocenters. The second-order valence-electron chi connectivity index (χ2n) is 7.05. The molecule has 4 rings (SSSR count). The van der Waals surface area contributed by atoms with E-state index in [1.165, 1.54) is 5.69 Å². The number of hydrogen-bond donors (Lipinski definition) is 2. The maximum absolute atomic E-state index is 5.38. The minimum Gasteiger partial charge on any atom is -0.495 e. The average Bonchev–Trinajstić information content (AvgIpc) is 2.76.